The molecule has 0 bridgehead atoms. The van der Waals surface area contributed by atoms with Crippen molar-refractivity contribution >= 4 is 70.3 Å². The molecule has 11 heteroatoms. The molecular weight excluding hydrogens is 374 g/mol. The van der Waals surface area contributed by atoms with Crippen LogP contribution < -0.4 is 0 Å². The summed E-state index contributed by atoms with van der Waals surface area (Å²) in [7, 11) is 0. The Balaban J connectivity index is 4.64. The predicted octanol–water partition coefficient (Wildman–Crippen LogP) is 2.13. The SMILES string of the molecule is O=C(O)CCC(Cl)(Cl)C(=O)OC(=O)C(Cl)(Cl)CCC(=O)O. The van der Waals surface area contributed by atoms with E-state index in [1.54, 1.807) is 0 Å². The first-order chi connectivity index (χ1) is 9.38. The van der Waals surface area contributed by atoms with Gasteiger partial charge in [-0.25, -0.2) is 9.59 Å². The van der Waals surface area contributed by atoms with E-state index >= 15 is 0 Å². The van der Waals surface area contributed by atoms with E-state index in [4.69, 9.17) is 56.6 Å². The van der Waals surface area contributed by atoms with Gasteiger partial charge in [0.2, 0.25) is 8.67 Å². The number of hydrogen-bond donors (Lipinski definition) is 2. The maximum Gasteiger partial charge on any atom is 0.350 e. The maximum absolute atomic E-state index is 11.5. The molecule has 0 saturated carbocycles. The molecule has 0 rings (SSSR count). The van der Waals surface area contributed by atoms with E-state index in [0.717, 1.165) is 0 Å². The van der Waals surface area contributed by atoms with E-state index < -0.39 is 58.2 Å². The first-order valence-electron chi connectivity index (χ1n) is 5.34. The average molecular weight is 384 g/mol. The Bertz CT molecular complexity index is 407. The summed E-state index contributed by atoms with van der Waals surface area (Å²) < 4.78 is -0.293. The van der Waals surface area contributed by atoms with Gasteiger partial charge in [0, 0.05) is 25.7 Å². The summed E-state index contributed by atoms with van der Waals surface area (Å²) in [4.78, 5) is 43.8. The number of carboxylic acids is 2. The highest BCUT2D eigenvalue weighted by Gasteiger charge is 2.43. The number of halogens is 4. The normalized spacial score (nSPS) is 11.8. The number of hydrogen-bond acceptors (Lipinski definition) is 5. The van der Waals surface area contributed by atoms with Crippen LogP contribution in [0.1, 0.15) is 25.7 Å². The van der Waals surface area contributed by atoms with Gasteiger partial charge in [0.25, 0.3) is 0 Å². The van der Waals surface area contributed by atoms with Crippen LogP contribution in [0.5, 0.6) is 0 Å². The number of rotatable bonds is 8. The van der Waals surface area contributed by atoms with E-state index in [1.807, 2.05) is 0 Å². The Labute approximate surface area is 139 Å². The molecule has 0 aromatic carbocycles. The molecule has 0 heterocycles. The Morgan fingerprint density at radius 1 is 0.762 bits per heavy atom. The summed E-state index contributed by atoms with van der Waals surface area (Å²) >= 11 is 22.2. The van der Waals surface area contributed by atoms with Crippen LogP contribution in [0.3, 0.4) is 0 Å². The van der Waals surface area contributed by atoms with Crippen LogP contribution in [0.15, 0.2) is 0 Å². The van der Waals surface area contributed by atoms with Crippen LogP contribution >= 0.6 is 46.4 Å². The topological polar surface area (TPSA) is 118 Å². The number of carbonyl (C=O) groups is 4. The predicted molar refractivity (Wildman–Crippen MR) is 73.7 cm³/mol. The monoisotopic (exact) mass is 382 g/mol. The molecular formula is C10H10Cl4O7. The number of carbonyl (C=O) groups excluding carboxylic acids is 2. The minimum absolute atomic E-state index is 0.510. The highest BCUT2D eigenvalue weighted by atomic mass is 35.5. The van der Waals surface area contributed by atoms with E-state index in [1.165, 1.54) is 0 Å². The first kappa shape index (κ1) is 20.2. The van der Waals surface area contributed by atoms with Gasteiger partial charge in [-0.15, -0.1) is 0 Å². The Morgan fingerprint density at radius 2 is 1.05 bits per heavy atom. The van der Waals surface area contributed by atoms with Gasteiger partial charge in [-0.1, -0.05) is 46.4 Å². The highest BCUT2D eigenvalue weighted by Crippen LogP contribution is 2.32. The van der Waals surface area contributed by atoms with Gasteiger partial charge in [0.1, 0.15) is 0 Å². The highest BCUT2D eigenvalue weighted by molar-refractivity contribution is 6.60. The molecule has 0 amide bonds. The number of alkyl halides is 4. The number of ether oxygens (including phenoxy) is 1. The molecule has 0 radical (unpaired) electrons. The average Bonchev–Trinajstić information content (AvgIpc) is 2.34. The van der Waals surface area contributed by atoms with Crippen molar-refractivity contribution in [3.8, 4) is 0 Å². The summed E-state index contributed by atoms with van der Waals surface area (Å²) in [6, 6.07) is 0. The fourth-order valence-electron chi connectivity index (χ4n) is 0.965. The van der Waals surface area contributed by atoms with Crippen LogP contribution in [0.2, 0.25) is 0 Å². The molecule has 0 unspecified atom stereocenters. The molecule has 21 heavy (non-hydrogen) atoms. The van der Waals surface area contributed by atoms with Crippen molar-refractivity contribution in [2.45, 2.75) is 34.3 Å². The molecule has 7 nitrogen and oxygen atoms in total. The number of carboxylic acid groups (broad SMARTS) is 2. The molecule has 120 valence electrons. The summed E-state index contributed by atoms with van der Waals surface area (Å²) in [5.74, 6) is -5.41. The number of aliphatic carboxylic acids is 2. The molecule has 0 aliphatic carbocycles. The third-order valence-corrected chi connectivity index (χ3v) is 3.46. The lowest BCUT2D eigenvalue weighted by molar-refractivity contribution is -0.160. The maximum atomic E-state index is 11.5. The molecule has 0 atom stereocenters. The van der Waals surface area contributed by atoms with E-state index in [9.17, 15) is 19.2 Å². The van der Waals surface area contributed by atoms with Crippen molar-refractivity contribution in [2.75, 3.05) is 0 Å². The van der Waals surface area contributed by atoms with Crippen molar-refractivity contribution < 1.29 is 34.1 Å². The summed E-state index contributed by atoms with van der Waals surface area (Å²) in [5, 5.41) is 16.9. The zero-order chi connectivity index (χ0) is 16.8. The second-order valence-electron chi connectivity index (χ2n) is 3.87. The molecule has 0 aliphatic heterocycles. The Kier molecular flexibility index (Phi) is 7.74. The minimum Gasteiger partial charge on any atom is -0.481 e. The summed E-state index contributed by atoms with van der Waals surface area (Å²) in [5.41, 5.74) is 0. The van der Waals surface area contributed by atoms with Gasteiger partial charge in [-0.2, -0.15) is 0 Å². The standard InChI is InChI=1S/C10H10Cl4O7/c11-9(12,3-1-5(15)16)7(19)21-8(20)10(13,14)4-2-6(17)18/h1-4H2,(H,15,16)(H,17,18). The smallest absolute Gasteiger partial charge is 0.350 e. The Morgan fingerprint density at radius 3 is 1.29 bits per heavy atom. The largest absolute Gasteiger partial charge is 0.481 e. The van der Waals surface area contributed by atoms with Crippen molar-refractivity contribution in [3.05, 3.63) is 0 Å². The number of esters is 2. The zero-order valence-electron chi connectivity index (χ0n) is 10.3. The van der Waals surface area contributed by atoms with Crippen molar-refractivity contribution in [2.24, 2.45) is 0 Å². The van der Waals surface area contributed by atoms with Crippen LogP contribution in [-0.4, -0.2) is 42.8 Å². The molecule has 2 N–H and O–H groups in total. The van der Waals surface area contributed by atoms with Gasteiger partial charge in [-0.3, -0.25) is 9.59 Å². The van der Waals surface area contributed by atoms with Crippen LogP contribution in [0.4, 0.5) is 0 Å². The van der Waals surface area contributed by atoms with E-state index in [0.29, 0.717) is 0 Å². The van der Waals surface area contributed by atoms with Crippen molar-refractivity contribution in [3.63, 3.8) is 0 Å². The van der Waals surface area contributed by atoms with E-state index in [2.05, 4.69) is 4.74 Å². The quantitative estimate of drug-likeness (QED) is 0.374. The van der Waals surface area contributed by atoms with Crippen molar-refractivity contribution in [1.82, 2.24) is 0 Å². The zero-order valence-corrected chi connectivity index (χ0v) is 13.3. The second kappa shape index (κ2) is 8.03. The second-order valence-corrected chi connectivity index (χ2v) is 6.84. The van der Waals surface area contributed by atoms with Gasteiger partial charge < -0.3 is 14.9 Å². The molecule has 0 fully saturated rings. The fourth-order valence-corrected chi connectivity index (χ4v) is 1.50. The lowest BCUT2D eigenvalue weighted by Gasteiger charge is -2.20. The molecule has 0 spiro atoms. The summed E-state index contributed by atoms with van der Waals surface area (Å²) in [6.45, 7) is 0. The van der Waals surface area contributed by atoms with Crippen LogP contribution in [0.25, 0.3) is 0 Å². The van der Waals surface area contributed by atoms with Gasteiger partial charge >= 0.3 is 23.9 Å². The fraction of sp³-hybridized carbons (Fsp3) is 0.600. The minimum atomic E-state index is -2.27. The first-order valence-corrected chi connectivity index (χ1v) is 6.85. The molecule has 0 aromatic rings. The lowest BCUT2D eigenvalue weighted by Crippen LogP contribution is -2.37. The van der Waals surface area contributed by atoms with Gasteiger partial charge in [0.05, 0.1) is 0 Å². The van der Waals surface area contributed by atoms with Gasteiger partial charge in [-0.05, 0) is 0 Å². The lowest BCUT2D eigenvalue weighted by atomic mass is 10.2. The molecule has 0 aliphatic rings. The third-order valence-electron chi connectivity index (χ3n) is 2.09. The molecule has 0 aromatic heterocycles. The molecule has 0 saturated heterocycles. The Hall–Kier alpha value is -0.760. The van der Waals surface area contributed by atoms with Crippen LogP contribution in [0, 0.1) is 0 Å². The van der Waals surface area contributed by atoms with E-state index in [-0.39, 0.29) is 0 Å². The van der Waals surface area contributed by atoms with Crippen LogP contribution in [-0.2, 0) is 23.9 Å². The van der Waals surface area contributed by atoms with Gasteiger partial charge in [0.15, 0.2) is 0 Å². The summed E-state index contributed by atoms with van der Waals surface area (Å²) in [6.07, 6.45) is -2.10. The third kappa shape index (κ3) is 7.71. The van der Waals surface area contributed by atoms with Crippen molar-refractivity contribution in [1.29, 1.82) is 0 Å².